The molecule has 4 rings (SSSR count). The molecule has 2 amide bonds. The lowest BCUT2D eigenvalue weighted by Crippen LogP contribution is -2.56. The summed E-state index contributed by atoms with van der Waals surface area (Å²) >= 11 is 5.77. The van der Waals surface area contributed by atoms with Crippen molar-refractivity contribution in [3.05, 3.63) is 64.4 Å². The molecule has 13 heteroatoms. The summed E-state index contributed by atoms with van der Waals surface area (Å²) in [5, 5.41) is 2.35. The van der Waals surface area contributed by atoms with Crippen LogP contribution in [-0.2, 0) is 14.8 Å². The second-order valence-corrected chi connectivity index (χ2v) is 11.1. The summed E-state index contributed by atoms with van der Waals surface area (Å²) in [4.78, 5) is 27.2. The second kappa shape index (κ2) is 10.4. The zero-order chi connectivity index (χ0) is 26.2. The summed E-state index contributed by atoms with van der Waals surface area (Å²) in [5.41, 5.74) is 5.54. The van der Waals surface area contributed by atoms with Crippen LogP contribution in [0.15, 0.2) is 41.3 Å². The van der Waals surface area contributed by atoms with Gasteiger partial charge in [0, 0.05) is 36.8 Å². The third-order valence-electron chi connectivity index (χ3n) is 6.35. The van der Waals surface area contributed by atoms with E-state index in [0.717, 1.165) is 39.5 Å². The summed E-state index contributed by atoms with van der Waals surface area (Å²) < 4.78 is 68.9. The smallest absolute Gasteiger partial charge is 0.259 e. The second-order valence-electron chi connectivity index (χ2n) is 8.84. The number of nitrogens with one attached hydrogen (secondary N) is 1. The molecule has 2 aromatic carbocycles. The van der Waals surface area contributed by atoms with Crippen molar-refractivity contribution in [3.8, 4) is 0 Å². The van der Waals surface area contributed by atoms with Crippen LogP contribution in [0.4, 0.5) is 13.2 Å². The van der Waals surface area contributed by atoms with Crippen molar-refractivity contribution in [2.45, 2.75) is 48.8 Å². The molecule has 1 saturated heterocycles. The van der Waals surface area contributed by atoms with Crippen LogP contribution in [0.1, 0.15) is 36.0 Å². The van der Waals surface area contributed by atoms with Crippen molar-refractivity contribution in [2.24, 2.45) is 5.73 Å². The molecule has 0 aromatic heterocycles. The Morgan fingerprint density at radius 2 is 1.61 bits per heavy atom. The average Bonchev–Trinajstić information content (AvgIpc) is 3.27. The molecule has 36 heavy (non-hydrogen) atoms. The quantitative estimate of drug-likeness (QED) is 0.601. The van der Waals surface area contributed by atoms with E-state index >= 15 is 0 Å². The van der Waals surface area contributed by atoms with E-state index in [-0.39, 0.29) is 35.6 Å². The molecule has 1 saturated carbocycles. The maximum atomic E-state index is 13.8. The number of carbonyl (C=O) groups is 2. The predicted molar refractivity (Wildman–Crippen MR) is 125 cm³/mol. The summed E-state index contributed by atoms with van der Waals surface area (Å²) in [6.45, 7) is -0.507. The van der Waals surface area contributed by atoms with Gasteiger partial charge in [0.15, 0.2) is 6.17 Å². The van der Waals surface area contributed by atoms with E-state index in [2.05, 4.69) is 5.32 Å². The molecule has 194 valence electrons. The molecule has 0 spiro atoms. The summed E-state index contributed by atoms with van der Waals surface area (Å²) in [7, 11) is -4.43. The van der Waals surface area contributed by atoms with Crippen LogP contribution in [0.25, 0.3) is 0 Å². The van der Waals surface area contributed by atoms with Crippen molar-refractivity contribution < 1.29 is 31.2 Å². The van der Waals surface area contributed by atoms with E-state index in [1.165, 1.54) is 0 Å². The van der Waals surface area contributed by atoms with Crippen LogP contribution < -0.4 is 11.1 Å². The zero-order valence-corrected chi connectivity index (χ0v) is 20.5. The number of nitrogens with two attached hydrogens (primary N) is 1. The van der Waals surface area contributed by atoms with Crippen LogP contribution >= 0.6 is 11.6 Å². The van der Waals surface area contributed by atoms with Crippen LogP contribution in [0.2, 0.25) is 5.02 Å². The SMILES string of the molecule is NC1CCC(NC(=O)C2N(C(=O)c3cc(F)cc(F)c3)CCN2S(=O)(=O)c2ccc(F)c(Cl)c2)CC1. The Kier molecular flexibility index (Phi) is 7.60. The van der Waals surface area contributed by atoms with Gasteiger partial charge >= 0.3 is 0 Å². The van der Waals surface area contributed by atoms with E-state index < -0.39 is 50.5 Å². The van der Waals surface area contributed by atoms with Gasteiger partial charge in [0.2, 0.25) is 10.0 Å². The Labute approximate surface area is 211 Å². The Balaban J connectivity index is 1.69. The Bertz CT molecular complexity index is 1270. The van der Waals surface area contributed by atoms with Gasteiger partial charge in [-0.2, -0.15) is 4.31 Å². The molecule has 3 N–H and O–H groups in total. The van der Waals surface area contributed by atoms with E-state index in [1.54, 1.807) is 0 Å². The first-order valence-corrected chi connectivity index (χ1v) is 13.1. The van der Waals surface area contributed by atoms with Gasteiger partial charge < -0.3 is 16.0 Å². The van der Waals surface area contributed by atoms with Gasteiger partial charge in [-0.3, -0.25) is 9.59 Å². The largest absolute Gasteiger partial charge is 0.350 e. The Morgan fingerprint density at radius 3 is 2.22 bits per heavy atom. The molecular formula is C23H24ClF3N4O4S. The van der Waals surface area contributed by atoms with Crippen molar-refractivity contribution >= 4 is 33.4 Å². The van der Waals surface area contributed by atoms with E-state index in [1.807, 2.05) is 0 Å². The van der Waals surface area contributed by atoms with Crippen molar-refractivity contribution in [2.75, 3.05) is 13.1 Å². The van der Waals surface area contributed by atoms with Crippen LogP contribution in [0.5, 0.6) is 0 Å². The summed E-state index contributed by atoms with van der Waals surface area (Å²) in [6.07, 6.45) is 0.827. The Hall–Kier alpha value is -2.67. The molecule has 0 radical (unpaired) electrons. The Morgan fingerprint density at radius 1 is 0.972 bits per heavy atom. The normalized spacial score (nSPS) is 23.0. The van der Waals surface area contributed by atoms with Gasteiger partial charge in [-0.25, -0.2) is 21.6 Å². The highest BCUT2D eigenvalue weighted by Crippen LogP contribution is 2.29. The minimum atomic E-state index is -4.43. The number of nitrogens with zero attached hydrogens (tertiary/aromatic N) is 2. The molecule has 1 aliphatic heterocycles. The number of amides is 2. The number of benzene rings is 2. The fourth-order valence-corrected chi connectivity index (χ4v) is 6.32. The fraction of sp³-hybridized carbons (Fsp3) is 0.391. The molecule has 2 aliphatic rings. The monoisotopic (exact) mass is 544 g/mol. The molecule has 1 atom stereocenters. The first-order valence-electron chi connectivity index (χ1n) is 11.3. The molecular weight excluding hydrogens is 521 g/mol. The van der Waals surface area contributed by atoms with Crippen molar-refractivity contribution in [3.63, 3.8) is 0 Å². The number of carbonyl (C=O) groups excluding carboxylic acids is 2. The molecule has 1 unspecified atom stereocenters. The minimum absolute atomic E-state index is 0.00526. The number of halogens is 4. The predicted octanol–water partition coefficient (Wildman–Crippen LogP) is 2.62. The number of rotatable bonds is 5. The standard InChI is InChI=1S/C23H24ClF3N4O4S/c24-19-12-18(5-6-20(19)27)36(34,35)31-8-7-30(23(33)13-9-14(25)11-15(26)10-13)22(31)21(32)29-17-3-1-16(28)2-4-17/h5-6,9-12,16-17,22H,1-4,7-8,28H2,(H,29,32). The van der Waals surface area contributed by atoms with E-state index in [0.29, 0.717) is 31.7 Å². The lowest BCUT2D eigenvalue weighted by atomic mass is 9.92. The maximum absolute atomic E-state index is 13.8. The van der Waals surface area contributed by atoms with Gasteiger partial charge in [-0.15, -0.1) is 0 Å². The van der Waals surface area contributed by atoms with Gasteiger partial charge in [-0.1, -0.05) is 11.6 Å². The summed E-state index contributed by atoms with van der Waals surface area (Å²) in [6, 6.07) is 4.71. The minimum Gasteiger partial charge on any atom is -0.350 e. The third kappa shape index (κ3) is 5.36. The summed E-state index contributed by atoms with van der Waals surface area (Å²) in [5.74, 6) is -4.51. The van der Waals surface area contributed by atoms with Gasteiger partial charge in [0.05, 0.1) is 9.92 Å². The number of hydrogen-bond acceptors (Lipinski definition) is 5. The molecule has 1 aliphatic carbocycles. The van der Waals surface area contributed by atoms with Crippen molar-refractivity contribution in [1.82, 2.24) is 14.5 Å². The van der Waals surface area contributed by atoms with Gasteiger partial charge in [-0.05, 0) is 56.0 Å². The maximum Gasteiger partial charge on any atom is 0.259 e. The molecule has 0 bridgehead atoms. The topological polar surface area (TPSA) is 113 Å². The lowest BCUT2D eigenvalue weighted by molar-refractivity contribution is -0.128. The first kappa shape index (κ1) is 26.4. The molecule has 1 heterocycles. The van der Waals surface area contributed by atoms with Crippen LogP contribution in [0.3, 0.4) is 0 Å². The third-order valence-corrected chi connectivity index (χ3v) is 8.49. The van der Waals surface area contributed by atoms with Gasteiger partial charge in [0.1, 0.15) is 17.5 Å². The fourth-order valence-electron chi connectivity index (χ4n) is 4.50. The average molecular weight is 545 g/mol. The molecule has 8 nitrogen and oxygen atoms in total. The highest BCUT2D eigenvalue weighted by molar-refractivity contribution is 7.89. The molecule has 2 fully saturated rings. The zero-order valence-electron chi connectivity index (χ0n) is 19.0. The van der Waals surface area contributed by atoms with Crippen LogP contribution in [-0.4, -0.2) is 60.8 Å². The van der Waals surface area contributed by atoms with Gasteiger partial charge in [0.25, 0.3) is 11.8 Å². The highest BCUT2D eigenvalue weighted by atomic mass is 35.5. The lowest BCUT2D eigenvalue weighted by Gasteiger charge is -2.32. The first-order chi connectivity index (χ1) is 17.0. The van der Waals surface area contributed by atoms with E-state index in [4.69, 9.17) is 17.3 Å². The van der Waals surface area contributed by atoms with Crippen molar-refractivity contribution in [1.29, 1.82) is 0 Å². The number of hydrogen-bond donors (Lipinski definition) is 2. The highest BCUT2D eigenvalue weighted by Gasteiger charge is 2.47. The number of sulfonamides is 1. The van der Waals surface area contributed by atoms with E-state index in [9.17, 15) is 31.2 Å². The molecule has 2 aromatic rings. The van der Waals surface area contributed by atoms with Crippen LogP contribution in [0, 0.1) is 17.5 Å².